The van der Waals surface area contributed by atoms with Gasteiger partial charge in [-0.25, -0.2) is 0 Å². The summed E-state index contributed by atoms with van der Waals surface area (Å²) in [4.78, 5) is 2.51. The highest BCUT2D eigenvalue weighted by Gasteiger charge is 2.21. The predicted octanol–water partition coefficient (Wildman–Crippen LogP) is 2.91. The van der Waals surface area contributed by atoms with Gasteiger partial charge in [0.2, 0.25) is 0 Å². The molecular weight excluding hydrogens is 170 g/mol. The Morgan fingerprint density at radius 1 is 1.43 bits per heavy atom. The van der Waals surface area contributed by atoms with E-state index >= 15 is 0 Å². The van der Waals surface area contributed by atoms with Crippen molar-refractivity contribution in [1.82, 2.24) is 4.90 Å². The molecule has 0 spiro atoms. The first-order valence-corrected chi connectivity index (χ1v) is 5.87. The van der Waals surface area contributed by atoms with Crippen molar-refractivity contribution in [3.05, 3.63) is 0 Å². The van der Waals surface area contributed by atoms with Crippen LogP contribution < -0.4 is 0 Å². The summed E-state index contributed by atoms with van der Waals surface area (Å²) in [6.07, 6.45) is 12.9. The lowest BCUT2D eigenvalue weighted by molar-refractivity contribution is 0.163. The highest BCUT2D eigenvalue weighted by Crippen LogP contribution is 2.26. The summed E-state index contributed by atoms with van der Waals surface area (Å²) in [5.74, 6) is 3.63. The van der Waals surface area contributed by atoms with Gasteiger partial charge in [0.05, 0.1) is 0 Å². The van der Waals surface area contributed by atoms with Gasteiger partial charge in [0.1, 0.15) is 0 Å². The molecule has 0 N–H and O–H groups in total. The number of unbranched alkanes of at least 4 members (excludes halogenated alkanes) is 1. The second-order valence-corrected chi connectivity index (χ2v) is 4.71. The lowest BCUT2D eigenvalue weighted by Crippen LogP contribution is -2.36. The predicted molar refractivity (Wildman–Crippen MR) is 62.1 cm³/mol. The molecule has 0 bridgehead atoms. The second-order valence-electron chi connectivity index (χ2n) is 4.71. The minimum atomic E-state index is 0.816. The quantitative estimate of drug-likeness (QED) is 0.490. The Labute approximate surface area is 88.9 Å². The summed E-state index contributed by atoms with van der Waals surface area (Å²) >= 11 is 0. The van der Waals surface area contributed by atoms with E-state index in [9.17, 15) is 0 Å². The molecule has 1 rings (SSSR count). The molecule has 0 aliphatic heterocycles. The van der Waals surface area contributed by atoms with Crippen molar-refractivity contribution in [2.45, 2.75) is 51.5 Å². The van der Waals surface area contributed by atoms with Crippen molar-refractivity contribution in [2.24, 2.45) is 5.92 Å². The number of terminal acetylenes is 1. The van der Waals surface area contributed by atoms with E-state index in [0.717, 1.165) is 24.8 Å². The summed E-state index contributed by atoms with van der Waals surface area (Å²) in [6, 6.07) is 0.816. The van der Waals surface area contributed by atoms with E-state index in [1.165, 1.54) is 32.2 Å². The molecule has 1 aliphatic carbocycles. The molecular formula is C13H23N. The van der Waals surface area contributed by atoms with Crippen LogP contribution in [0.4, 0.5) is 0 Å². The minimum absolute atomic E-state index is 0.816. The van der Waals surface area contributed by atoms with Crippen LogP contribution in [0.3, 0.4) is 0 Å². The summed E-state index contributed by atoms with van der Waals surface area (Å²) in [6.45, 7) is 3.54. The second kappa shape index (κ2) is 6.09. The maximum atomic E-state index is 5.25. The topological polar surface area (TPSA) is 3.24 Å². The summed E-state index contributed by atoms with van der Waals surface area (Å²) in [5, 5.41) is 0. The molecule has 80 valence electrons. The zero-order valence-electron chi connectivity index (χ0n) is 9.63. The van der Waals surface area contributed by atoms with Crippen LogP contribution in [0.1, 0.15) is 45.4 Å². The van der Waals surface area contributed by atoms with Crippen LogP contribution in [-0.2, 0) is 0 Å². The number of rotatable bonds is 4. The highest BCUT2D eigenvalue weighted by atomic mass is 15.1. The molecule has 0 saturated heterocycles. The fourth-order valence-electron chi connectivity index (χ4n) is 2.42. The molecule has 1 heteroatoms. The van der Waals surface area contributed by atoms with Gasteiger partial charge in [0.15, 0.2) is 0 Å². The summed E-state index contributed by atoms with van der Waals surface area (Å²) in [5.41, 5.74) is 0. The molecule has 1 aliphatic rings. The maximum absolute atomic E-state index is 5.25. The first-order chi connectivity index (χ1) is 6.74. The smallest absolute Gasteiger partial charge is 0.00982 e. The lowest BCUT2D eigenvalue weighted by Gasteiger charge is -2.34. The average Bonchev–Trinajstić information content (AvgIpc) is 2.18. The third-order valence-corrected chi connectivity index (χ3v) is 3.36. The largest absolute Gasteiger partial charge is 0.303 e. The monoisotopic (exact) mass is 193 g/mol. The molecule has 1 fully saturated rings. The molecule has 1 saturated carbocycles. The van der Waals surface area contributed by atoms with Crippen LogP contribution >= 0.6 is 0 Å². The number of hydrogen-bond acceptors (Lipinski definition) is 1. The molecule has 0 radical (unpaired) electrons. The van der Waals surface area contributed by atoms with Crippen LogP contribution in [0, 0.1) is 18.3 Å². The van der Waals surface area contributed by atoms with Gasteiger partial charge in [0, 0.05) is 12.5 Å². The maximum Gasteiger partial charge on any atom is 0.00982 e. The normalized spacial score (nSPS) is 27.6. The third kappa shape index (κ3) is 3.72. The van der Waals surface area contributed by atoms with E-state index in [4.69, 9.17) is 6.42 Å². The Morgan fingerprint density at radius 3 is 2.86 bits per heavy atom. The molecule has 0 aromatic heterocycles. The first kappa shape index (κ1) is 11.6. The Morgan fingerprint density at radius 2 is 2.21 bits per heavy atom. The fraction of sp³-hybridized carbons (Fsp3) is 0.846. The van der Waals surface area contributed by atoms with E-state index < -0.39 is 0 Å². The molecule has 2 unspecified atom stereocenters. The highest BCUT2D eigenvalue weighted by molar-refractivity contribution is 4.84. The van der Waals surface area contributed by atoms with E-state index in [-0.39, 0.29) is 0 Å². The Balaban J connectivity index is 2.22. The third-order valence-electron chi connectivity index (χ3n) is 3.36. The molecule has 1 nitrogen and oxygen atoms in total. The molecule has 14 heavy (non-hydrogen) atoms. The standard InChI is InChI=1S/C13H23N/c1-4-5-6-10-14(3)13-9-7-8-12(2)11-13/h1,12-13H,5-11H2,2-3H3. The summed E-state index contributed by atoms with van der Waals surface area (Å²) in [7, 11) is 2.25. The minimum Gasteiger partial charge on any atom is -0.303 e. The van der Waals surface area contributed by atoms with E-state index in [1.807, 2.05) is 0 Å². The first-order valence-electron chi connectivity index (χ1n) is 5.87. The molecule has 0 heterocycles. The Kier molecular flexibility index (Phi) is 5.04. The van der Waals surface area contributed by atoms with Gasteiger partial charge >= 0.3 is 0 Å². The van der Waals surface area contributed by atoms with Crippen molar-refractivity contribution in [2.75, 3.05) is 13.6 Å². The zero-order chi connectivity index (χ0) is 10.4. The molecule has 0 amide bonds. The Hall–Kier alpha value is -0.480. The zero-order valence-corrected chi connectivity index (χ0v) is 9.63. The average molecular weight is 193 g/mol. The van der Waals surface area contributed by atoms with Gasteiger partial charge in [-0.1, -0.05) is 19.8 Å². The van der Waals surface area contributed by atoms with Crippen LogP contribution in [0.25, 0.3) is 0 Å². The SMILES string of the molecule is C#CCCCN(C)C1CCCC(C)C1. The lowest BCUT2D eigenvalue weighted by atomic mass is 9.86. The van der Waals surface area contributed by atoms with Crippen molar-refractivity contribution in [3.8, 4) is 12.3 Å². The number of nitrogens with zero attached hydrogens (tertiary/aromatic N) is 1. The van der Waals surface area contributed by atoms with E-state index in [1.54, 1.807) is 0 Å². The fourth-order valence-corrected chi connectivity index (χ4v) is 2.42. The number of hydrogen-bond donors (Lipinski definition) is 0. The van der Waals surface area contributed by atoms with Crippen molar-refractivity contribution in [3.63, 3.8) is 0 Å². The van der Waals surface area contributed by atoms with Gasteiger partial charge < -0.3 is 4.90 Å². The van der Waals surface area contributed by atoms with Crippen LogP contribution in [0.15, 0.2) is 0 Å². The molecule has 0 aromatic carbocycles. The van der Waals surface area contributed by atoms with Gasteiger partial charge in [-0.15, -0.1) is 12.3 Å². The Bertz CT molecular complexity index is 192. The van der Waals surface area contributed by atoms with E-state index in [2.05, 4.69) is 24.8 Å². The molecule has 2 atom stereocenters. The van der Waals surface area contributed by atoms with Crippen molar-refractivity contribution >= 4 is 0 Å². The van der Waals surface area contributed by atoms with Gasteiger partial charge in [-0.05, 0) is 38.8 Å². The van der Waals surface area contributed by atoms with Gasteiger partial charge in [-0.2, -0.15) is 0 Å². The van der Waals surface area contributed by atoms with Crippen LogP contribution in [-0.4, -0.2) is 24.5 Å². The van der Waals surface area contributed by atoms with Crippen LogP contribution in [0.5, 0.6) is 0 Å². The van der Waals surface area contributed by atoms with E-state index in [0.29, 0.717) is 0 Å². The van der Waals surface area contributed by atoms with Gasteiger partial charge in [0.25, 0.3) is 0 Å². The van der Waals surface area contributed by atoms with Gasteiger partial charge in [-0.3, -0.25) is 0 Å². The molecule has 0 aromatic rings. The van der Waals surface area contributed by atoms with Crippen LogP contribution in [0.2, 0.25) is 0 Å². The van der Waals surface area contributed by atoms with Crippen molar-refractivity contribution < 1.29 is 0 Å². The summed E-state index contributed by atoms with van der Waals surface area (Å²) < 4.78 is 0. The van der Waals surface area contributed by atoms with Crippen molar-refractivity contribution in [1.29, 1.82) is 0 Å².